The van der Waals surface area contributed by atoms with Gasteiger partial charge in [0.25, 0.3) is 0 Å². The Hall–Kier alpha value is -3.73. The third kappa shape index (κ3) is 3.92. The van der Waals surface area contributed by atoms with Gasteiger partial charge < -0.3 is 9.64 Å². The van der Waals surface area contributed by atoms with E-state index < -0.39 is 5.41 Å². The number of carbonyl (C=O) groups is 3. The highest BCUT2D eigenvalue weighted by molar-refractivity contribution is 6.12. The van der Waals surface area contributed by atoms with Crippen LogP contribution in [0.2, 0.25) is 0 Å². The summed E-state index contributed by atoms with van der Waals surface area (Å²) in [6, 6.07) is 22.8. The van der Waals surface area contributed by atoms with Crippen LogP contribution < -0.4 is 4.74 Å². The van der Waals surface area contributed by atoms with Gasteiger partial charge in [-0.3, -0.25) is 14.4 Å². The predicted octanol–water partition coefficient (Wildman–Crippen LogP) is 4.50. The lowest BCUT2D eigenvalue weighted by Gasteiger charge is -2.40. The quantitative estimate of drug-likeness (QED) is 0.584. The summed E-state index contributed by atoms with van der Waals surface area (Å²) in [7, 11) is 0. The van der Waals surface area contributed by atoms with Gasteiger partial charge >= 0.3 is 0 Å². The Morgan fingerprint density at radius 1 is 0.912 bits per heavy atom. The molecule has 0 unspecified atom stereocenters. The topological polar surface area (TPSA) is 63.7 Å². The molecule has 2 aliphatic heterocycles. The molecule has 0 aliphatic carbocycles. The van der Waals surface area contributed by atoms with Gasteiger partial charge in [0.2, 0.25) is 5.91 Å². The van der Waals surface area contributed by atoms with E-state index in [2.05, 4.69) is 0 Å². The zero-order valence-electron chi connectivity index (χ0n) is 19.3. The van der Waals surface area contributed by atoms with Gasteiger partial charge in [-0.15, -0.1) is 0 Å². The van der Waals surface area contributed by atoms with Crippen molar-refractivity contribution < 1.29 is 19.1 Å². The minimum absolute atomic E-state index is 0.00699. The summed E-state index contributed by atoms with van der Waals surface area (Å²) in [6.45, 7) is 3.07. The average Bonchev–Trinajstić information content (AvgIpc) is 3.01. The van der Waals surface area contributed by atoms with E-state index in [0.717, 1.165) is 16.7 Å². The minimum atomic E-state index is -0.529. The van der Waals surface area contributed by atoms with Crippen LogP contribution in [0.1, 0.15) is 52.4 Å². The van der Waals surface area contributed by atoms with Crippen molar-refractivity contribution >= 4 is 17.5 Å². The first-order valence-corrected chi connectivity index (χ1v) is 11.7. The molecule has 0 spiro atoms. The summed E-state index contributed by atoms with van der Waals surface area (Å²) in [5.41, 5.74) is 3.28. The first-order chi connectivity index (χ1) is 16.5. The SMILES string of the molecule is CC(=O)C1(c2ccccc2)CCN(C(=O)Cc2ccc3c(c2)C(=O)c2ccccc2CO3)CC1. The van der Waals surface area contributed by atoms with Crippen molar-refractivity contribution in [3.8, 4) is 5.75 Å². The summed E-state index contributed by atoms with van der Waals surface area (Å²) >= 11 is 0. The van der Waals surface area contributed by atoms with E-state index in [1.54, 1.807) is 19.1 Å². The molecule has 1 amide bonds. The van der Waals surface area contributed by atoms with Gasteiger partial charge in [-0.1, -0.05) is 60.7 Å². The highest BCUT2D eigenvalue weighted by atomic mass is 16.5. The molecule has 2 heterocycles. The molecule has 0 radical (unpaired) electrons. The number of amides is 1. The number of piperidine rings is 1. The summed E-state index contributed by atoms with van der Waals surface area (Å²) in [4.78, 5) is 40.7. The minimum Gasteiger partial charge on any atom is -0.488 e. The van der Waals surface area contributed by atoms with E-state index in [0.29, 0.717) is 49.4 Å². The van der Waals surface area contributed by atoms with Gasteiger partial charge in [-0.25, -0.2) is 0 Å². The fourth-order valence-electron chi connectivity index (χ4n) is 5.18. The molecule has 3 aromatic carbocycles. The molecule has 172 valence electrons. The molecule has 5 heteroatoms. The first kappa shape index (κ1) is 22.1. The molecule has 3 aromatic rings. The molecule has 0 bridgehead atoms. The summed E-state index contributed by atoms with van der Waals surface area (Å²) in [6.07, 6.45) is 1.44. The Kier molecular flexibility index (Phi) is 5.78. The van der Waals surface area contributed by atoms with E-state index in [1.807, 2.05) is 65.6 Å². The molecule has 0 aromatic heterocycles. The number of hydrogen-bond donors (Lipinski definition) is 0. The lowest BCUT2D eigenvalue weighted by Crippen LogP contribution is -2.48. The normalized spacial score (nSPS) is 16.6. The monoisotopic (exact) mass is 453 g/mol. The number of hydrogen-bond acceptors (Lipinski definition) is 4. The van der Waals surface area contributed by atoms with Crippen LogP contribution in [0.5, 0.6) is 5.75 Å². The third-order valence-corrected chi connectivity index (χ3v) is 7.26. The van der Waals surface area contributed by atoms with E-state index in [4.69, 9.17) is 4.74 Å². The molecular weight excluding hydrogens is 426 g/mol. The van der Waals surface area contributed by atoms with Crippen LogP contribution >= 0.6 is 0 Å². The van der Waals surface area contributed by atoms with Crippen molar-refractivity contribution in [2.24, 2.45) is 0 Å². The molecular formula is C29H27NO4. The summed E-state index contributed by atoms with van der Waals surface area (Å²) in [5.74, 6) is 0.622. The van der Waals surface area contributed by atoms with Crippen LogP contribution in [0.15, 0.2) is 72.8 Å². The maximum atomic E-state index is 13.1. The second-order valence-corrected chi connectivity index (χ2v) is 9.17. The summed E-state index contributed by atoms with van der Waals surface area (Å²) in [5, 5.41) is 0. The predicted molar refractivity (Wildman–Crippen MR) is 129 cm³/mol. The highest BCUT2D eigenvalue weighted by Gasteiger charge is 2.41. The van der Waals surface area contributed by atoms with Crippen LogP contribution in [0.25, 0.3) is 0 Å². The molecule has 0 saturated carbocycles. The lowest BCUT2D eigenvalue weighted by molar-refractivity contribution is -0.135. The Morgan fingerprint density at radius 3 is 2.35 bits per heavy atom. The van der Waals surface area contributed by atoms with Gasteiger partial charge in [0.1, 0.15) is 18.1 Å². The van der Waals surface area contributed by atoms with Crippen molar-refractivity contribution in [3.63, 3.8) is 0 Å². The van der Waals surface area contributed by atoms with Crippen LogP contribution in [-0.2, 0) is 28.0 Å². The number of fused-ring (bicyclic) bond motifs is 2. The fourth-order valence-corrected chi connectivity index (χ4v) is 5.18. The maximum Gasteiger partial charge on any atom is 0.226 e. The number of rotatable bonds is 4. The largest absolute Gasteiger partial charge is 0.488 e. The van der Waals surface area contributed by atoms with E-state index in [9.17, 15) is 14.4 Å². The van der Waals surface area contributed by atoms with E-state index in [1.165, 1.54) is 0 Å². The fraction of sp³-hybridized carbons (Fsp3) is 0.276. The number of ketones is 2. The molecule has 2 aliphatic rings. The molecule has 0 N–H and O–H groups in total. The van der Waals surface area contributed by atoms with Crippen molar-refractivity contribution in [2.75, 3.05) is 13.1 Å². The zero-order valence-corrected chi connectivity index (χ0v) is 19.3. The Labute approximate surface area is 199 Å². The number of ether oxygens (including phenoxy) is 1. The molecule has 34 heavy (non-hydrogen) atoms. The van der Waals surface area contributed by atoms with Gasteiger partial charge in [0.15, 0.2) is 5.78 Å². The van der Waals surface area contributed by atoms with Gasteiger partial charge in [0, 0.05) is 24.2 Å². The zero-order chi connectivity index (χ0) is 23.7. The smallest absolute Gasteiger partial charge is 0.226 e. The van der Waals surface area contributed by atoms with E-state index >= 15 is 0 Å². The maximum absolute atomic E-state index is 13.1. The van der Waals surface area contributed by atoms with Crippen molar-refractivity contribution in [1.82, 2.24) is 4.90 Å². The van der Waals surface area contributed by atoms with Crippen molar-refractivity contribution in [2.45, 2.75) is 38.2 Å². The number of carbonyl (C=O) groups excluding carboxylic acids is 3. The number of Topliss-reactive ketones (excluding diaryl/α,β-unsaturated/α-hetero) is 1. The molecule has 5 nitrogen and oxygen atoms in total. The van der Waals surface area contributed by atoms with Crippen LogP contribution in [0.3, 0.4) is 0 Å². The summed E-state index contributed by atoms with van der Waals surface area (Å²) < 4.78 is 5.86. The number of nitrogens with zero attached hydrogens (tertiary/aromatic N) is 1. The second-order valence-electron chi connectivity index (χ2n) is 9.17. The molecule has 0 atom stereocenters. The molecule has 5 rings (SSSR count). The van der Waals surface area contributed by atoms with Crippen molar-refractivity contribution in [1.29, 1.82) is 0 Å². The van der Waals surface area contributed by atoms with Crippen LogP contribution in [0.4, 0.5) is 0 Å². The first-order valence-electron chi connectivity index (χ1n) is 11.7. The Bertz CT molecular complexity index is 1260. The number of benzene rings is 3. The van der Waals surface area contributed by atoms with Gasteiger partial charge in [0.05, 0.1) is 17.4 Å². The van der Waals surface area contributed by atoms with Gasteiger partial charge in [-0.2, -0.15) is 0 Å². The second kappa shape index (κ2) is 8.90. The standard InChI is InChI=1S/C29H27NO4/c1-20(31)29(23-8-3-2-4-9-23)13-15-30(16-14-29)27(32)18-21-11-12-26-25(17-21)28(33)24-10-6-5-7-22(24)19-34-26/h2-12,17H,13-16,18-19H2,1H3. The van der Waals surface area contributed by atoms with E-state index in [-0.39, 0.29) is 23.9 Å². The lowest BCUT2D eigenvalue weighted by atomic mass is 9.70. The highest BCUT2D eigenvalue weighted by Crippen LogP contribution is 2.37. The molecule has 1 fully saturated rings. The van der Waals surface area contributed by atoms with Gasteiger partial charge in [-0.05, 0) is 43.0 Å². The average molecular weight is 454 g/mol. The van der Waals surface area contributed by atoms with Crippen molar-refractivity contribution in [3.05, 3.63) is 101 Å². The van der Waals surface area contributed by atoms with Crippen LogP contribution in [0, 0.1) is 0 Å². The number of likely N-dealkylation sites (tertiary alicyclic amines) is 1. The Balaban J connectivity index is 1.31. The van der Waals surface area contributed by atoms with Crippen LogP contribution in [-0.4, -0.2) is 35.5 Å². The third-order valence-electron chi connectivity index (χ3n) is 7.26. The molecule has 1 saturated heterocycles. The Morgan fingerprint density at radius 2 is 1.62 bits per heavy atom.